The van der Waals surface area contributed by atoms with Crippen LogP contribution < -0.4 is 15.3 Å². The summed E-state index contributed by atoms with van der Waals surface area (Å²) in [4.78, 5) is 2.39. The molecule has 0 saturated heterocycles. The number of furan rings is 1. The van der Waals surface area contributed by atoms with Crippen molar-refractivity contribution in [2.24, 2.45) is 0 Å². The molecule has 1 aromatic heterocycles. The highest BCUT2D eigenvalue weighted by Crippen LogP contribution is 2.50. The van der Waals surface area contributed by atoms with Gasteiger partial charge < -0.3 is 9.32 Å². The number of benzene rings is 7. The molecule has 0 bridgehead atoms. The first kappa shape index (κ1) is 30.0. The topological polar surface area (TPSA) is 16.4 Å². The molecule has 9 rings (SSSR count). The van der Waals surface area contributed by atoms with Crippen molar-refractivity contribution in [2.45, 2.75) is 26.2 Å². The van der Waals surface area contributed by atoms with Crippen molar-refractivity contribution in [3.63, 3.8) is 0 Å². The normalized spacial score (nSPS) is 13.8. The molecule has 0 unspecified atom stereocenters. The van der Waals surface area contributed by atoms with E-state index in [4.69, 9.17) is 4.42 Å². The van der Waals surface area contributed by atoms with Crippen molar-refractivity contribution in [1.82, 2.24) is 0 Å². The molecule has 1 aliphatic carbocycles. The Morgan fingerprint density at radius 1 is 0.640 bits per heavy atom. The average Bonchev–Trinajstić information content (AvgIpc) is 3.64. The summed E-state index contributed by atoms with van der Waals surface area (Å²) in [5.41, 5.74) is 12.8. The first-order chi connectivity index (χ1) is 24.4. The second-order valence-corrected chi connectivity index (χ2v) is 13.8. The van der Waals surface area contributed by atoms with Crippen LogP contribution in [0.4, 0.5) is 17.1 Å². The maximum Gasteiger partial charge on any atom is 0.143 e. The average molecular weight is 644 g/mol. The van der Waals surface area contributed by atoms with Crippen LogP contribution in [0.2, 0.25) is 0 Å². The van der Waals surface area contributed by atoms with E-state index in [-0.39, 0.29) is 5.41 Å². The van der Waals surface area contributed by atoms with Crippen LogP contribution in [0.1, 0.15) is 31.9 Å². The molecule has 0 atom stereocenters. The molecule has 0 radical (unpaired) electrons. The largest absolute Gasteiger partial charge is 0.455 e. The van der Waals surface area contributed by atoms with Crippen LogP contribution >= 0.6 is 0 Å². The Morgan fingerprint density at radius 2 is 1.36 bits per heavy atom. The monoisotopic (exact) mass is 643 g/mol. The number of fused-ring (bicyclic) bond motifs is 7. The number of allylic oxidation sites excluding steroid dienone is 2. The highest BCUT2D eigenvalue weighted by molar-refractivity contribution is 6.14. The third-order valence-electron chi connectivity index (χ3n) is 10.5. The molecule has 0 saturated carbocycles. The van der Waals surface area contributed by atoms with Gasteiger partial charge in [0.15, 0.2) is 0 Å². The summed E-state index contributed by atoms with van der Waals surface area (Å²) >= 11 is 0. The summed E-state index contributed by atoms with van der Waals surface area (Å²) in [6, 6.07) is 50.6. The quantitative estimate of drug-likeness (QED) is 0.186. The SMILES string of the molecule is C=c1ccc2c(oc3cccc(N(c4ccc(-c5ccc6c(c5)C(C)(C)c5ccccc5-6)cc4)c4cccc5ccccc45)c32)/c1=C/C=C\C. The van der Waals surface area contributed by atoms with Gasteiger partial charge in [0.1, 0.15) is 11.2 Å². The van der Waals surface area contributed by atoms with E-state index in [1.54, 1.807) is 0 Å². The highest BCUT2D eigenvalue weighted by atomic mass is 16.3. The van der Waals surface area contributed by atoms with Crippen LogP contribution in [-0.4, -0.2) is 0 Å². The van der Waals surface area contributed by atoms with Gasteiger partial charge in [0.05, 0.1) is 16.8 Å². The molecule has 0 amide bonds. The molecule has 1 heterocycles. The fourth-order valence-corrected chi connectivity index (χ4v) is 7.99. The van der Waals surface area contributed by atoms with Crippen LogP contribution in [0.15, 0.2) is 156 Å². The van der Waals surface area contributed by atoms with Gasteiger partial charge in [0.2, 0.25) is 0 Å². The fourth-order valence-electron chi connectivity index (χ4n) is 7.99. The molecule has 0 fully saturated rings. The standard InChI is InChI=1S/C48H37NO/c1-5-6-15-36-31(2)22-28-40-46-44(20-12-21-45(46)50-47(36)40)49(43-19-11-14-33-13-7-8-16-37(33)43)35-26-23-32(24-27-35)34-25-29-39-38-17-9-10-18-41(38)48(3,4)42(39)30-34/h5-30H,2H2,1,3-4H3/b6-5-,36-15+. The third kappa shape index (κ3) is 4.56. The molecule has 0 aliphatic heterocycles. The molecule has 50 heavy (non-hydrogen) atoms. The second-order valence-electron chi connectivity index (χ2n) is 13.8. The van der Waals surface area contributed by atoms with Gasteiger partial charge >= 0.3 is 0 Å². The van der Waals surface area contributed by atoms with Gasteiger partial charge in [-0.25, -0.2) is 0 Å². The van der Waals surface area contributed by atoms with E-state index in [2.05, 4.69) is 171 Å². The van der Waals surface area contributed by atoms with Gasteiger partial charge in [-0.3, -0.25) is 0 Å². The molecule has 2 heteroatoms. The summed E-state index contributed by atoms with van der Waals surface area (Å²) < 4.78 is 6.63. The van der Waals surface area contributed by atoms with E-state index in [1.807, 2.05) is 19.1 Å². The summed E-state index contributed by atoms with van der Waals surface area (Å²) in [5, 5.41) is 6.48. The Kier molecular flexibility index (Phi) is 6.89. The Balaban J connectivity index is 1.23. The zero-order chi connectivity index (χ0) is 34.0. The Bertz CT molecular complexity index is 2760. The van der Waals surface area contributed by atoms with Gasteiger partial charge in [0.25, 0.3) is 0 Å². The van der Waals surface area contributed by atoms with Crippen LogP contribution in [0, 0.1) is 0 Å². The Labute approximate surface area is 292 Å². The van der Waals surface area contributed by atoms with Crippen LogP contribution in [0.5, 0.6) is 0 Å². The van der Waals surface area contributed by atoms with Gasteiger partial charge in [-0.1, -0.05) is 136 Å². The van der Waals surface area contributed by atoms with Gasteiger partial charge in [0, 0.05) is 27.1 Å². The molecule has 7 aromatic carbocycles. The van der Waals surface area contributed by atoms with E-state index in [0.717, 1.165) is 49.4 Å². The molecule has 0 N–H and O–H groups in total. The Morgan fingerprint density at radius 3 is 2.22 bits per heavy atom. The molecular formula is C48H37NO. The van der Waals surface area contributed by atoms with Gasteiger partial charge in [-0.2, -0.15) is 0 Å². The van der Waals surface area contributed by atoms with Crippen LogP contribution in [-0.2, 0) is 5.41 Å². The van der Waals surface area contributed by atoms with E-state index in [1.165, 1.54) is 44.2 Å². The molecular weight excluding hydrogens is 607 g/mol. The predicted molar refractivity (Wildman–Crippen MR) is 213 cm³/mol. The predicted octanol–water partition coefficient (Wildman–Crippen LogP) is 11.9. The lowest BCUT2D eigenvalue weighted by molar-refractivity contribution is 0.660. The number of hydrogen-bond acceptors (Lipinski definition) is 2. The summed E-state index contributed by atoms with van der Waals surface area (Å²) in [7, 11) is 0. The summed E-state index contributed by atoms with van der Waals surface area (Å²) in [6.07, 6.45) is 6.16. The third-order valence-corrected chi connectivity index (χ3v) is 10.5. The molecule has 8 aromatic rings. The maximum absolute atomic E-state index is 6.63. The minimum absolute atomic E-state index is 0.0435. The maximum atomic E-state index is 6.63. The zero-order valence-corrected chi connectivity index (χ0v) is 28.6. The van der Waals surface area contributed by atoms with Crippen molar-refractivity contribution in [3.8, 4) is 22.3 Å². The van der Waals surface area contributed by atoms with E-state index >= 15 is 0 Å². The number of hydrogen-bond donors (Lipinski definition) is 0. The smallest absolute Gasteiger partial charge is 0.143 e. The second kappa shape index (κ2) is 11.5. The molecule has 2 nitrogen and oxygen atoms in total. The van der Waals surface area contributed by atoms with Gasteiger partial charge in [-0.15, -0.1) is 0 Å². The molecule has 240 valence electrons. The van der Waals surface area contributed by atoms with E-state index in [9.17, 15) is 0 Å². The minimum atomic E-state index is -0.0435. The first-order valence-corrected chi connectivity index (χ1v) is 17.3. The first-order valence-electron chi connectivity index (χ1n) is 17.3. The van der Waals surface area contributed by atoms with Crippen molar-refractivity contribution in [3.05, 3.63) is 173 Å². The number of rotatable bonds is 5. The van der Waals surface area contributed by atoms with E-state index < -0.39 is 0 Å². The molecule has 0 spiro atoms. The van der Waals surface area contributed by atoms with Crippen molar-refractivity contribution in [1.29, 1.82) is 0 Å². The minimum Gasteiger partial charge on any atom is -0.455 e. The lowest BCUT2D eigenvalue weighted by atomic mass is 9.81. The lowest BCUT2D eigenvalue weighted by Gasteiger charge is -2.28. The van der Waals surface area contributed by atoms with Crippen LogP contribution in [0.25, 0.3) is 67.6 Å². The summed E-state index contributed by atoms with van der Waals surface area (Å²) in [5.74, 6) is 0. The van der Waals surface area contributed by atoms with Gasteiger partial charge in [-0.05, 0) is 93.4 Å². The molecule has 1 aliphatic rings. The summed E-state index contributed by atoms with van der Waals surface area (Å²) in [6.45, 7) is 11.0. The lowest BCUT2D eigenvalue weighted by Crippen LogP contribution is -2.22. The Hall–Kier alpha value is -6.12. The van der Waals surface area contributed by atoms with Crippen molar-refractivity contribution in [2.75, 3.05) is 4.90 Å². The van der Waals surface area contributed by atoms with Crippen molar-refractivity contribution < 1.29 is 4.42 Å². The number of nitrogens with zero attached hydrogens (tertiary/aromatic N) is 1. The van der Waals surface area contributed by atoms with Crippen LogP contribution in [0.3, 0.4) is 0 Å². The zero-order valence-electron chi connectivity index (χ0n) is 28.6. The van der Waals surface area contributed by atoms with Crippen molar-refractivity contribution >= 4 is 62.4 Å². The fraction of sp³-hybridized carbons (Fsp3) is 0.0833. The van der Waals surface area contributed by atoms with E-state index in [0.29, 0.717) is 0 Å². The highest BCUT2D eigenvalue weighted by Gasteiger charge is 2.35. The number of anilines is 3.